The molecule has 360 valence electrons. The van der Waals surface area contributed by atoms with Crippen molar-refractivity contribution in [2.24, 2.45) is 0 Å². The molecule has 16 rings (SSSR count). The average Bonchev–Trinajstić information content (AvgIpc) is 4.45. The van der Waals surface area contributed by atoms with E-state index in [9.17, 15) is 0 Å². The normalized spacial score (nSPS) is 13.2. The van der Waals surface area contributed by atoms with Crippen molar-refractivity contribution in [3.8, 4) is 17.1 Å². The number of benzene rings is 10. The topological polar surface area (TPSA) is 66.7 Å². The largest absolute Gasteiger partial charge is 0.278 e. The summed E-state index contributed by atoms with van der Waals surface area (Å²) in [4.78, 5) is 16.0. The van der Waals surface area contributed by atoms with Crippen LogP contribution in [0.25, 0.3) is 101 Å². The molecular weight excluding hydrogens is 947 g/mol. The quantitative estimate of drug-likeness (QED) is 0.118. The molecule has 0 aliphatic rings. The van der Waals surface area contributed by atoms with Crippen molar-refractivity contribution in [3.63, 3.8) is 0 Å². The van der Waals surface area contributed by atoms with Crippen LogP contribution < -0.4 is 20.7 Å². The van der Waals surface area contributed by atoms with Crippen LogP contribution in [-0.2, 0) is 0 Å². The van der Waals surface area contributed by atoms with Crippen LogP contribution in [0.1, 0.15) is 20.8 Å². The summed E-state index contributed by atoms with van der Waals surface area (Å²) in [6.07, 6.45) is 0. The molecule has 16 aromatic rings. The van der Waals surface area contributed by atoms with E-state index < -0.39 is 14.9 Å². The standard InChI is InChI=1S/C66H47N9Si/c1-42-19-14-34-57-61(42)67-64-70(52-30-10-12-32-54(52)73(57)64)45-22-17-28-50(39-45)76(48-24-6-4-7-25-48,49-26-8-5-9-27-49)51-29-18-23-46(40-51)71-56-38-37-47(41-60(56)75-59-36-16-21-44(3)63(59)69-66(71)75)72-53-31-11-13-33-55(53)74-58-35-15-20-43(2)62(58)68-65(72)74/h4-41H,1-3H3/i1D3. The van der Waals surface area contributed by atoms with Gasteiger partial charge < -0.3 is 0 Å². The van der Waals surface area contributed by atoms with Gasteiger partial charge in [-0.1, -0.05) is 146 Å². The van der Waals surface area contributed by atoms with Gasteiger partial charge in [0.2, 0.25) is 17.3 Å². The van der Waals surface area contributed by atoms with Gasteiger partial charge in [-0.15, -0.1) is 0 Å². The minimum absolute atomic E-state index is 0.235. The lowest BCUT2D eigenvalue weighted by molar-refractivity contribution is 1.11. The molecule has 6 aromatic heterocycles. The lowest BCUT2D eigenvalue weighted by atomic mass is 10.2. The number of aryl methyl sites for hydroxylation is 3. The van der Waals surface area contributed by atoms with Gasteiger partial charge in [-0.05, 0) is 143 Å². The first-order valence-electron chi connectivity index (χ1n) is 27.2. The molecule has 0 aliphatic heterocycles. The number of para-hydroxylation sites is 7. The number of nitrogens with zero attached hydrogens (tertiary/aromatic N) is 9. The van der Waals surface area contributed by atoms with Crippen molar-refractivity contribution in [1.82, 2.24) is 41.9 Å². The highest BCUT2D eigenvalue weighted by atomic mass is 28.3. The van der Waals surface area contributed by atoms with Crippen molar-refractivity contribution < 1.29 is 4.11 Å². The molecule has 0 saturated heterocycles. The average molecular weight is 997 g/mol. The lowest BCUT2D eigenvalue weighted by Gasteiger charge is -2.35. The second-order valence-corrected chi connectivity index (χ2v) is 23.8. The number of rotatable bonds is 7. The second-order valence-electron chi connectivity index (χ2n) is 20.0. The highest BCUT2D eigenvalue weighted by Crippen LogP contribution is 2.36. The summed E-state index contributed by atoms with van der Waals surface area (Å²) in [6, 6.07) is 82.0. The number of imidazole rings is 6. The third-order valence-corrected chi connectivity index (χ3v) is 20.7. The monoisotopic (exact) mass is 996 g/mol. The Morgan fingerprint density at radius 3 is 1.13 bits per heavy atom. The Kier molecular flexibility index (Phi) is 8.29. The van der Waals surface area contributed by atoms with Gasteiger partial charge in [0.15, 0.2) is 8.07 Å². The minimum atomic E-state index is -3.25. The molecule has 0 atom stereocenters. The van der Waals surface area contributed by atoms with E-state index in [1.807, 2.05) is 24.3 Å². The molecular formula is C66H47N9Si. The van der Waals surface area contributed by atoms with E-state index in [0.717, 1.165) is 100 Å². The maximum atomic E-state index is 8.46. The van der Waals surface area contributed by atoms with E-state index in [2.05, 4.69) is 241 Å². The first-order valence-corrected chi connectivity index (χ1v) is 27.7. The Hall–Kier alpha value is -9.77. The van der Waals surface area contributed by atoms with Gasteiger partial charge in [0.1, 0.15) is 0 Å². The number of hydrogen-bond donors (Lipinski definition) is 0. The smallest absolute Gasteiger partial charge is 0.220 e. The molecule has 0 fully saturated rings. The van der Waals surface area contributed by atoms with Crippen LogP contribution in [0.5, 0.6) is 0 Å². The van der Waals surface area contributed by atoms with E-state index in [1.54, 1.807) is 6.07 Å². The van der Waals surface area contributed by atoms with Crippen LogP contribution in [0.15, 0.2) is 231 Å². The highest BCUT2D eigenvalue weighted by molar-refractivity contribution is 7.20. The van der Waals surface area contributed by atoms with Crippen LogP contribution in [-0.4, -0.2) is 49.9 Å². The molecule has 10 aromatic carbocycles. The fourth-order valence-electron chi connectivity index (χ4n) is 12.6. The van der Waals surface area contributed by atoms with Crippen molar-refractivity contribution in [2.75, 3.05) is 0 Å². The number of hydrogen-bond acceptors (Lipinski definition) is 3. The van der Waals surface area contributed by atoms with E-state index in [-0.39, 0.29) is 5.56 Å². The zero-order chi connectivity index (χ0) is 52.9. The van der Waals surface area contributed by atoms with E-state index in [0.29, 0.717) is 11.3 Å². The van der Waals surface area contributed by atoms with E-state index in [4.69, 9.17) is 19.1 Å². The minimum Gasteiger partial charge on any atom is -0.278 e. The molecule has 0 N–H and O–H groups in total. The Labute approximate surface area is 441 Å². The number of aromatic nitrogens is 9. The van der Waals surface area contributed by atoms with Crippen molar-refractivity contribution >= 4 is 112 Å². The van der Waals surface area contributed by atoms with Crippen molar-refractivity contribution in [2.45, 2.75) is 20.7 Å². The SMILES string of the molecule is [2H]C([2H])([2H])c1cccc2c1nc1n(-c3cccc([Si](c4ccccc4)(c4ccccc4)c4cccc(-n5c6ccc(-n7c8ccccc8n8c9cccc(C)c9nc78)cc6n6c7cccc(C)c7nc56)c4)c3)c3ccccc3n21. The van der Waals surface area contributed by atoms with Crippen molar-refractivity contribution in [3.05, 3.63) is 247 Å². The molecule has 0 radical (unpaired) electrons. The van der Waals surface area contributed by atoms with Gasteiger partial charge in [-0.3, -0.25) is 26.9 Å². The lowest BCUT2D eigenvalue weighted by Crippen LogP contribution is -2.74. The zero-order valence-corrected chi connectivity index (χ0v) is 42.5. The maximum absolute atomic E-state index is 8.46. The molecule has 0 saturated carbocycles. The van der Waals surface area contributed by atoms with Gasteiger partial charge in [-0.25, -0.2) is 15.0 Å². The third kappa shape index (κ3) is 5.75. The van der Waals surface area contributed by atoms with Crippen molar-refractivity contribution in [1.29, 1.82) is 0 Å². The molecule has 6 heterocycles. The summed E-state index contributed by atoms with van der Waals surface area (Å²) in [6.45, 7) is 1.93. The molecule has 0 aliphatic carbocycles. The second kappa shape index (κ2) is 15.9. The van der Waals surface area contributed by atoms with Crippen LogP contribution in [0, 0.1) is 20.7 Å². The predicted molar refractivity (Wildman–Crippen MR) is 314 cm³/mol. The van der Waals surface area contributed by atoms with Crippen LogP contribution >= 0.6 is 0 Å². The summed E-state index contributed by atoms with van der Waals surface area (Å²) in [5.41, 5.74) is 16.8. The maximum Gasteiger partial charge on any atom is 0.220 e. The highest BCUT2D eigenvalue weighted by Gasteiger charge is 2.42. The van der Waals surface area contributed by atoms with Crippen LogP contribution in [0.2, 0.25) is 0 Å². The van der Waals surface area contributed by atoms with Crippen LogP contribution in [0.4, 0.5) is 0 Å². The molecule has 9 nitrogen and oxygen atoms in total. The Morgan fingerprint density at radius 1 is 0.303 bits per heavy atom. The molecule has 0 spiro atoms. The van der Waals surface area contributed by atoms with Gasteiger partial charge in [0.05, 0.1) is 71.9 Å². The van der Waals surface area contributed by atoms with Gasteiger partial charge in [0, 0.05) is 15.5 Å². The Bertz CT molecular complexity index is 5130. The summed E-state index contributed by atoms with van der Waals surface area (Å²) in [5.74, 6) is 2.33. The molecule has 76 heavy (non-hydrogen) atoms. The fourth-order valence-corrected chi connectivity index (χ4v) is 17.4. The Morgan fingerprint density at radius 2 is 0.658 bits per heavy atom. The summed E-state index contributed by atoms with van der Waals surface area (Å²) >= 11 is 0. The molecule has 0 unspecified atom stereocenters. The predicted octanol–water partition coefficient (Wildman–Crippen LogP) is 12.2. The number of fused-ring (bicyclic) bond motifs is 15. The van der Waals surface area contributed by atoms with Gasteiger partial charge in [0.25, 0.3) is 0 Å². The third-order valence-electron chi connectivity index (χ3n) is 15.9. The van der Waals surface area contributed by atoms with Crippen LogP contribution in [0.3, 0.4) is 0 Å². The van der Waals surface area contributed by atoms with E-state index >= 15 is 0 Å². The first-order chi connectivity index (χ1) is 38.7. The summed E-state index contributed by atoms with van der Waals surface area (Å²) < 4.78 is 38.9. The first kappa shape index (κ1) is 39.7. The van der Waals surface area contributed by atoms with E-state index in [1.165, 1.54) is 20.7 Å². The van der Waals surface area contributed by atoms with Gasteiger partial charge in [-0.2, -0.15) is 0 Å². The molecule has 10 heteroatoms. The zero-order valence-electron chi connectivity index (χ0n) is 44.5. The summed E-state index contributed by atoms with van der Waals surface area (Å²) in [5, 5.41) is 4.83. The summed E-state index contributed by atoms with van der Waals surface area (Å²) in [7, 11) is -3.25. The Balaban J connectivity index is 0.949. The fraction of sp³-hybridized carbons (Fsp3) is 0.0455. The van der Waals surface area contributed by atoms with Gasteiger partial charge >= 0.3 is 0 Å². The molecule has 0 bridgehead atoms. The molecule has 0 amide bonds.